The first-order valence-electron chi connectivity index (χ1n) is 9.06. The predicted molar refractivity (Wildman–Crippen MR) is 111 cm³/mol. The van der Waals surface area contributed by atoms with Gasteiger partial charge in [0.2, 0.25) is 10.0 Å². The number of hydrogen-bond acceptors (Lipinski definition) is 6. The maximum absolute atomic E-state index is 13.1. The Morgan fingerprint density at radius 2 is 1.83 bits per heavy atom. The van der Waals surface area contributed by atoms with Crippen LogP contribution in [0, 0.1) is 24.0 Å². The van der Waals surface area contributed by atoms with Gasteiger partial charge in [-0.2, -0.15) is 9.40 Å². The fourth-order valence-electron chi connectivity index (χ4n) is 3.18. The Balaban J connectivity index is 1.96. The van der Waals surface area contributed by atoms with Crippen LogP contribution < -0.4 is 4.74 Å². The summed E-state index contributed by atoms with van der Waals surface area (Å²) >= 11 is 0. The van der Waals surface area contributed by atoms with E-state index in [0.29, 0.717) is 5.69 Å². The average molecular weight is 430 g/mol. The first-order chi connectivity index (χ1) is 14.2. The molecular weight excluding hydrogens is 408 g/mol. The Morgan fingerprint density at radius 1 is 1.17 bits per heavy atom. The van der Waals surface area contributed by atoms with E-state index in [-0.39, 0.29) is 22.9 Å². The summed E-state index contributed by atoms with van der Waals surface area (Å²) < 4.78 is 34.4. The number of ether oxygens (including phenoxy) is 1. The number of methoxy groups -OCH3 is 1. The molecule has 158 valence electrons. The van der Waals surface area contributed by atoms with Crippen LogP contribution in [0.2, 0.25) is 0 Å². The van der Waals surface area contributed by atoms with E-state index in [4.69, 9.17) is 4.74 Å². The Labute approximate surface area is 174 Å². The zero-order valence-corrected chi connectivity index (χ0v) is 17.9. The quantitative estimate of drug-likeness (QED) is 0.421. The lowest BCUT2D eigenvalue weighted by Crippen LogP contribution is -2.27. The molecule has 30 heavy (non-hydrogen) atoms. The van der Waals surface area contributed by atoms with Crippen molar-refractivity contribution in [2.24, 2.45) is 0 Å². The number of rotatable bonds is 7. The largest absolute Gasteiger partial charge is 0.495 e. The van der Waals surface area contributed by atoms with Crippen LogP contribution in [0.5, 0.6) is 5.75 Å². The molecule has 0 amide bonds. The van der Waals surface area contributed by atoms with E-state index >= 15 is 0 Å². The van der Waals surface area contributed by atoms with Gasteiger partial charge in [0, 0.05) is 30.9 Å². The number of benzene rings is 2. The molecule has 0 aliphatic heterocycles. The molecule has 10 heteroatoms. The molecule has 3 rings (SSSR count). The third-order valence-electron chi connectivity index (χ3n) is 4.87. The number of non-ortho nitro benzene ring substituents is 1. The first-order valence-corrected chi connectivity index (χ1v) is 10.5. The molecule has 0 bridgehead atoms. The van der Waals surface area contributed by atoms with Crippen LogP contribution >= 0.6 is 0 Å². The van der Waals surface area contributed by atoms with Gasteiger partial charge < -0.3 is 4.74 Å². The summed E-state index contributed by atoms with van der Waals surface area (Å²) in [6, 6.07) is 13.0. The van der Waals surface area contributed by atoms with Crippen LogP contribution in [0.25, 0.3) is 5.69 Å². The van der Waals surface area contributed by atoms with Gasteiger partial charge >= 0.3 is 0 Å². The van der Waals surface area contributed by atoms with Crippen molar-refractivity contribution in [3.05, 3.63) is 75.6 Å². The van der Waals surface area contributed by atoms with E-state index < -0.39 is 14.9 Å². The van der Waals surface area contributed by atoms with Gasteiger partial charge in [0.05, 0.1) is 29.5 Å². The molecule has 9 nitrogen and oxygen atoms in total. The molecule has 0 saturated carbocycles. The van der Waals surface area contributed by atoms with Crippen molar-refractivity contribution < 1.29 is 18.1 Å². The van der Waals surface area contributed by atoms with Crippen molar-refractivity contribution in [3.8, 4) is 11.4 Å². The van der Waals surface area contributed by atoms with E-state index in [9.17, 15) is 18.5 Å². The van der Waals surface area contributed by atoms with Crippen molar-refractivity contribution in [2.75, 3.05) is 14.2 Å². The Bertz CT molecular complexity index is 1190. The van der Waals surface area contributed by atoms with E-state index in [0.717, 1.165) is 29.1 Å². The smallest absolute Gasteiger partial charge is 0.273 e. The molecule has 0 aliphatic rings. The molecule has 0 unspecified atom stereocenters. The number of para-hydroxylation sites is 1. The molecule has 0 atom stereocenters. The third kappa shape index (κ3) is 3.91. The van der Waals surface area contributed by atoms with Gasteiger partial charge in [-0.1, -0.05) is 18.2 Å². The summed E-state index contributed by atoms with van der Waals surface area (Å²) in [6.45, 7) is 3.80. The van der Waals surface area contributed by atoms with Crippen molar-refractivity contribution in [3.63, 3.8) is 0 Å². The number of sulfonamides is 1. The van der Waals surface area contributed by atoms with Gasteiger partial charge in [-0.25, -0.2) is 13.1 Å². The van der Waals surface area contributed by atoms with Crippen molar-refractivity contribution >= 4 is 15.7 Å². The molecule has 0 N–H and O–H groups in total. The van der Waals surface area contributed by atoms with Crippen molar-refractivity contribution in [1.82, 2.24) is 14.1 Å². The highest BCUT2D eigenvalue weighted by atomic mass is 32.2. The van der Waals surface area contributed by atoms with Crippen molar-refractivity contribution in [1.29, 1.82) is 0 Å². The van der Waals surface area contributed by atoms with Gasteiger partial charge in [-0.3, -0.25) is 10.1 Å². The normalized spacial score (nSPS) is 11.6. The average Bonchev–Trinajstić information content (AvgIpc) is 3.01. The highest BCUT2D eigenvalue weighted by Crippen LogP contribution is 2.31. The van der Waals surface area contributed by atoms with Crippen LogP contribution in [0.1, 0.15) is 17.0 Å². The lowest BCUT2D eigenvalue weighted by atomic mass is 10.2. The van der Waals surface area contributed by atoms with Gasteiger partial charge in [0.25, 0.3) is 5.69 Å². The monoisotopic (exact) mass is 430 g/mol. The molecule has 0 spiro atoms. The van der Waals surface area contributed by atoms with Crippen LogP contribution in [-0.2, 0) is 16.6 Å². The zero-order valence-electron chi connectivity index (χ0n) is 17.1. The van der Waals surface area contributed by atoms with Crippen LogP contribution in [0.15, 0.2) is 53.4 Å². The highest BCUT2D eigenvalue weighted by molar-refractivity contribution is 7.89. The number of nitro groups is 1. The number of nitrogens with zero attached hydrogens (tertiary/aromatic N) is 4. The Kier molecular flexibility index (Phi) is 5.90. The maximum atomic E-state index is 13.1. The van der Waals surface area contributed by atoms with Crippen LogP contribution in [0.4, 0.5) is 5.69 Å². The van der Waals surface area contributed by atoms with Crippen LogP contribution in [0.3, 0.4) is 0 Å². The zero-order chi connectivity index (χ0) is 22.1. The minimum atomic E-state index is -3.96. The predicted octanol–water partition coefficient (Wildman–Crippen LogP) is 3.23. The fraction of sp³-hybridized carbons (Fsp3) is 0.250. The van der Waals surface area contributed by atoms with Gasteiger partial charge in [0.15, 0.2) is 0 Å². The summed E-state index contributed by atoms with van der Waals surface area (Å²) in [7, 11) is -1.24. The molecule has 2 aromatic carbocycles. The lowest BCUT2D eigenvalue weighted by molar-refractivity contribution is -0.385. The minimum Gasteiger partial charge on any atom is -0.495 e. The van der Waals surface area contributed by atoms with Gasteiger partial charge in [-0.05, 0) is 32.0 Å². The third-order valence-corrected chi connectivity index (χ3v) is 6.71. The van der Waals surface area contributed by atoms with E-state index in [1.54, 1.807) is 4.68 Å². The minimum absolute atomic E-state index is 0.0792. The molecule has 1 heterocycles. The van der Waals surface area contributed by atoms with Gasteiger partial charge in [-0.15, -0.1) is 0 Å². The molecule has 0 radical (unpaired) electrons. The number of aromatic nitrogens is 2. The maximum Gasteiger partial charge on any atom is 0.273 e. The number of aryl methyl sites for hydroxylation is 1. The molecular formula is C20H22N4O5S. The van der Waals surface area contributed by atoms with Crippen molar-refractivity contribution in [2.45, 2.75) is 25.3 Å². The second kappa shape index (κ2) is 8.25. The topological polar surface area (TPSA) is 108 Å². The lowest BCUT2D eigenvalue weighted by Gasteiger charge is -2.19. The number of hydrogen-bond donors (Lipinski definition) is 0. The summed E-state index contributed by atoms with van der Waals surface area (Å²) in [5, 5.41) is 15.5. The van der Waals surface area contributed by atoms with Gasteiger partial charge in [0.1, 0.15) is 10.6 Å². The molecule has 0 saturated heterocycles. The second-order valence-electron chi connectivity index (χ2n) is 6.75. The fourth-order valence-corrected chi connectivity index (χ4v) is 4.45. The number of nitro benzene ring substituents is 1. The molecule has 1 aromatic heterocycles. The first kappa shape index (κ1) is 21.5. The van der Waals surface area contributed by atoms with Crippen LogP contribution in [-0.4, -0.2) is 41.6 Å². The van der Waals surface area contributed by atoms with E-state index in [1.165, 1.54) is 24.5 Å². The van der Waals surface area contributed by atoms with E-state index in [1.807, 2.05) is 44.2 Å². The summed E-state index contributed by atoms with van der Waals surface area (Å²) in [4.78, 5) is 10.2. The highest BCUT2D eigenvalue weighted by Gasteiger charge is 2.28. The standard InChI is InChI=1S/C20H22N4O5S/c1-14-18(15(2)23(21-14)16-8-6-5-7-9-16)13-22(3)30(27,28)20-11-10-17(24(25)26)12-19(20)29-4/h5-12H,13H2,1-4H3. The molecule has 0 aliphatic carbocycles. The summed E-state index contributed by atoms with van der Waals surface area (Å²) in [5.41, 5.74) is 2.97. The molecule has 0 fully saturated rings. The SMILES string of the molecule is COc1cc([N+](=O)[O-])ccc1S(=O)(=O)N(C)Cc1c(C)nn(-c2ccccc2)c1C. The summed E-state index contributed by atoms with van der Waals surface area (Å²) in [6.07, 6.45) is 0. The molecule has 3 aromatic rings. The summed E-state index contributed by atoms with van der Waals surface area (Å²) in [5.74, 6) is -0.0792. The Hall–Kier alpha value is -3.24. The van der Waals surface area contributed by atoms with E-state index in [2.05, 4.69) is 5.10 Å². The second-order valence-corrected chi connectivity index (χ2v) is 8.76. The Morgan fingerprint density at radius 3 is 2.43 bits per heavy atom.